The Morgan fingerprint density at radius 1 is 0.711 bits per heavy atom. The van der Waals surface area contributed by atoms with Crippen LogP contribution >= 0.6 is 0 Å². The number of ether oxygens (including phenoxy) is 2. The average Bonchev–Trinajstić information content (AvgIpc) is 3.37. The maximum absolute atomic E-state index is 6.03. The highest BCUT2D eigenvalue weighted by Gasteiger charge is 2.25. The monoisotopic (exact) mass is 501 g/mol. The smallest absolute Gasteiger partial charge is 0.228 e. The lowest BCUT2D eigenvalue weighted by atomic mass is 10.0. The number of aromatic nitrogens is 6. The number of rotatable bonds is 7. The molecular formula is C29H23N7O2. The highest BCUT2D eigenvalue weighted by molar-refractivity contribution is 5.93. The Morgan fingerprint density at radius 2 is 1.39 bits per heavy atom. The zero-order chi connectivity index (χ0) is 25.9. The lowest BCUT2D eigenvalue weighted by molar-refractivity contribution is 0.387. The van der Waals surface area contributed by atoms with Crippen LogP contribution in [0, 0.1) is 0 Å². The van der Waals surface area contributed by atoms with Crippen LogP contribution in [-0.4, -0.2) is 44.0 Å². The fraction of sp³-hybridized carbons (Fsp3) is 0.0690. The second-order valence-electron chi connectivity index (χ2n) is 8.38. The molecule has 186 valence electrons. The van der Waals surface area contributed by atoms with Crippen molar-refractivity contribution in [3.8, 4) is 45.1 Å². The molecule has 0 saturated heterocycles. The van der Waals surface area contributed by atoms with E-state index in [0.717, 1.165) is 33.7 Å². The van der Waals surface area contributed by atoms with Gasteiger partial charge in [-0.3, -0.25) is 0 Å². The summed E-state index contributed by atoms with van der Waals surface area (Å²) < 4.78 is 13.2. The van der Waals surface area contributed by atoms with Gasteiger partial charge in [0.05, 0.1) is 31.5 Å². The zero-order valence-corrected chi connectivity index (χ0v) is 20.7. The van der Waals surface area contributed by atoms with Gasteiger partial charge in [-0.15, -0.1) is 5.10 Å². The van der Waals surface area contributed by atoms with Gasteiger partial charge in [-0.25, -0.2) is 9.97 Å². The summed E-state index contributed by atoms with van der Waals surface area (Å²) in [4.78, 5) is 9.41. The van der Waals surface area contributed by atoms with E-state index in [0.29, 0.717) is 28.7 Å². The molecule has 0 bridgehead atoms. The largest absolute Gasteiger partial charge is 0.497 e. The third-order valence-corrected chi connectivity index (χ3v) is 6.15. The van der Waals surface area contributed by atoms with Gasteiger partial charge in [-0.2, -0.15) is 14.7 Å². The molecule has 0 amide bonds. The maximum atomic E-state index is 6.03. The summed E-state index contributed by atoms with van der Waals surface area (Å²) in [5.41, 5.74) is 5.85. The van der Waals surface area contributed by atoms with Crippen molar-refractivity contribution in [2.45, 2.75) is 0 Å². The minimum Gasteiger partial charge on any atom is -0.497 e. The number of nitrogens with zero attached hydrogens (tertiary/aromatic N) is 6. The molecule has 0 atom stereocenters. The van der Waals surface area contributed by atoms with Crippen molar-refractivity contribution < 1.29 is 9.47 Å². The highest BCUT2D eigenvalue weighted by Crippen LogP contribution is 2.42. The van der Waals surface area contributed by atoms with E-state index in [2.05, 4.69) is 32.6 Å². The highest BCUT2D eigenvalue weighted by atomic mass is 16.5. The molecule has 1 N–H and O–H groups in total. The first-order valence-electron chi connectivity index (χ1n) is 11.9. The Kier molecular flexibility index (Phi) is 6.07. The van der Waals surface area contributed by atoms with Crippen LogP contribution < -0.4 is 14.8 Å². The Bertz CT molecular complexity index is 1690. The molecule has 3 aromatic carbocycles. The van der Waals surface area contributed by atoms with E-state index < -0.39 is 0 Å². The Balaban J connectivity index is 1.69. The van der Waals surface area contributed by atoms with Crippen molar-refractivity contribution in [1.29, 1.82) is 0 Å². The van der Waals surface area contributed by atoms with Crippen LogP contribution in [0.15, 0.2) is 97.5 Å². The molecular weight excluding hydrogens is 478 g/mol. The molecule has 6 rings (SSSR count). The summed E-state index contributed by atoms with van der Waals surface area (Å²) >= 11 is 0. The second-order valence-corrected chi connectivity index (χ2v) is 8.38. The van der Waals surface area contributed by atoms with Crippen molar-refractivity contribution in [1.82, 2.24) is 29.8 Å². The van der Waals surface area contributed by atoms with Gasteiger partial charge in [0.25, 0.3) is 0 Å². The molecule has 0 spiro atoms. The number of fused-ring (bicyclic) bond motifs is 1. The molecule has 0 fully saturated rings. The van der Waals surface area contributed by atoms with E-state index in [1.165, 1.54) is 6.33 Å². The van der Waals surface area contributed by atoms with Gasteiger partial charge < -0.3 is 14.8 Å². The van der Waals surface area contributed by atoms with Crippen molar-refractivity contribution >= 4 is 17.3 Å². The Morgan fingerprint density at radius 3 is 2.03 bits per heavy atom. The van der Waals surface area contributed by atoms with E-state index in [1.807, 2.05) is 72.8 Å². The number of hydrogen-bond acceptors (Lipinski definition) is 8. The molecule has 6 aromatic rings. The molecule has 9 nitrogen and oxygen atoms in total. The van der Waals surface area contributed by atoms with Gasteiger partial charge in [0, 0.05) is 5.56 Å². The normalized spacial score (nSPS) is 10.9. The first-order chi connectivity index (χ1) is 18.8. The van der Waals surface area contributed by atoms with Crippen LogP contribution in [-0.2, 0) is 0 Å². The number of methoxy groups -OCH3 is 2. The van der Waals surface area contributed by atoms with Crippen molar-refractivity contribution in [3.05, 3.63) is 97.5 Å². The number of anilines is 2. The van der Waals surface area contributed by atoms with E-state index in [9.17, 15) is 0 Å². The van der Waals surface area contributed by atoms with Crippen molar-refractivity contribution in [3.63, 3.8) is 0 Å². The summed E-state index contributed by atoms with van der Waals surface area (Å²) in [6.07, 6.45) is 2.92. The van der Waals surface area contributed by atoms with Gasteiger partial charge >= 0.3 is 0 Å². The van der Waals surface area contributed by atoms with E-state index in [-0.39, 0.29) is 0 Å². The summed E-state index contributed by atoms with van der Waals surface area (Å²) in [5, 5.41) is 16.1. The first kappa shape index (κ1) is 23.1. The van der Waals surface area contributed by atoms with Crippen LogP contribution in [0.5, 0.6) is 11.6 Å². The summed E-state index contributed by atoms with van der Waals surface area (Å²) in [6.45, 7) is 0. The zero-order valence-electron chi connectivity index (χ0n) is 20.7. The molecule has 0 aliphatic carbocycles. The van der Waals surface area contributed by atoms with E-state index >= 15 is 0 Å². The molecule has 3 heterocycles. The van der Waals surface area contributed by atoms with Crippen LogP contribution in [0.1, 0.15) is 0 Å². The van der Waals surface area contributed by atoms with E-state index in [4.69, 9.17) is 19.6 Å². The summed E-state index contributed by atoms with van der Waals surface area (Å²) in [7, 11) is 3.27. The van der Waals surface area contributed by atoms with Crippen LogP contribution in [0.25, 0.3) is 39.2 Å². The van der Waals surface area contributed by atoms with Gasteiger partial charge in [-0.1, -0.05) is 72.8 Å². The molecule has 38 heavy (non-hydrogen) atoms. The SMILES string of the molecule is COc1ccc(-c2c(Nc3cnncn3)nc3c(-c4ccccc4)c(-c4ccccc4)nn3c2OC)cc1. The predicted octanol–water partition coefficient (Wildman–Crippen LogP) is 5.68. The predicted molar refractivity (Wildman–Crippen MR) is 146 cm³/mol. The summed E-state index contributed by atoms with van der Waals surface area (Å²) in [6, 6.07) is 27.8. The van der Waals surface area contributed by atoms with Gasteiger partial charge in [-0.05, 0) is 23.3 Å². The number of hydrogen-bond donors (Lipinski definition) is 1. The van der Waals surface area contributed by atoms with E-state index in [1.54, 1.807) is 24.9 Å². The molecule has 0 radical (unpaired) electrons. The average molecular weight is 502 g/mol. The second kappa shape index (κ2) is 9.98. The van der Waals surface area contributed by atoms with Gasteiger partial charge in [0.2, 0.25) is 5.88 Å². The third kappa shape index (κ3) is 4.16. The van der Waals surface area contributed by atoms with Crippen LogP contribution in [0.2, 0.25) is 0 Å². The summed E-state index contributed by atoms with van der Waals surface area (Å²) in [5.74, 6) is 2.30. The van der Waals surface area contributed by atoms with Crippen LogP contribution in [0.4, 0.5) is 11.6 Å². The molecule has 3 aromatic heterocycles. The van der Waals surface area contributed by atoms with Crippen molar-refractivity contribution in [2.75, 3.05) is 19.5 Å². The van der Waals surface area contributed by atoms with Crippen molar-refractivity contribution in [2.24, 2.45) is 0 Å². The molecule has 0 saturated carbocycles. The molecule has 0 aliphatic heterocycles. The Hall–Kier alpha value is -5.31. The number of nitrogens with one attached hydrogen (secondary N) is 1. The van der Waals surface area contributed by atoms with Crippen LogP contribution in [0.3, 0.4) is 0 Å². The lowest BCUT2D eigenvalue weighted by Gasteiger charge is -2.16. The molecule has 0 aliphatic rings. The van der Waals surface area contributed by atoms with Gasteiger partial charge in [0.15, 0.2) is 11.5 Å². The minimum absolute atomic E-state index is 0.498. The lowest BCUT2D eigenvalue weighted by Crippen LogP contribution is -2.06. The molecule has 0 unspecified atom stereocenters. The molecule has 9 heteroatoms. The fourth-order valence-corrected chi connectivity index (χ4v) is 4.41. The minimum atomic E-state index is 0.498. The maximum Gasteiger partial charge on any atom is 0.228 e. The van der Waals surface area contributed by atoms with Gasteiger partial charge in [0.1, 0.15) is 23.6 Å². The Labute approximate surface area is 218 Å². The topological polar surface area (TPSA) is 99.3 Å². The quantitative estimate of drug-likeness (QED) is 0.298. The standard InChI is InChI=1S/C29H23N7O2/c1-37-22-15-13-20(14-16-22)25-27(33-23-17-31-32-18-30-23)34-28-24(19-9-5-3-6-10-19)26(21-11-7-4-8-12-21)35-36(28)29(25)38-2/h3-18H,1-2H3,(H,30,32,33,34). The third-order valence-electron chi connectivity index (χ3n) is 6.15. The number of benzene rings is 3. The first-order valence-corrected chi connectivity index (χ1v) is 11.9. The fourth-order valence-electron chi connectivity index (χ4n) is 4.41.